The summed E-state index contributed by atoms with van der Waals surface area (Å²) in [6.45, 7) is 3.26. The lowest BCUT2D eigenvalue weighted by Crippen LogP contribution is -2.42. The van der Waals surface area contributed by atoms with Crippen LogP contribution in [0.3, 0.4) is 0 Å². The summed E-state index contributed by atoms with van der Waals surface area (Å²) >= 11 is 0. The van der Waals surface area contributed by atoms with Gasteiger partial charge in [-0.1, -0.05) is 6.92 Å². The highest BCUT2D eigenvalue weighted by molar-refractivity contribution is 5.44. The van der Waals surface area contributed by atoms with Crippen LogP contribution in [0.15, 0.2) is 18.5 Å². The average molecular weight is 275 g/mol. The minimum absolute atomic E-state index is 0.451. The van der Waals surface area contributed by atoms with Crippen molar-refractivity contribution in [1.29, 1.82) is 0 Å². The molecule has 3 rings (SSSR count). The Morgan fingerprint density at radius 1 is 1.50 bits per heavy atom. The quantitative estimate of drug-likeness (QED) is 0.835. The van der Waals surface area contributed by atoms with Crippen molar-refractivity contribution in [2.75, 3.05) is 12.3 Å². The molecular formula is C16H25N3O. The van der Waals surface area contributed by atoms with E-state index in [2.05, 4.69) is 17.2 Å². The van der Waals surface area contributed by atoms with Crippen LogP contribution in [0.2, 0.25) is 0 Å². The molecule has 4 heteroatoms. The minimum atomic E-state index is 0.451. The fourth-order valence-electron chi connectivity index (χ4n) is 3.65. The highest BCUT2D eigenvalue weighted by Gasteiger charge is 2.44. The maximum atomic E-state index is 6.07. The first-order chi connectivity index (χ1) is 9.78. The molecule has 2 aliphatic heterocycles. The van der Waals surface area contributed by atoms with Gasteiger partial charge in [-0.15, -0.1) is 0 Å². The molecule has 2 fully saturated rings. The molecule has 0 saturated carbocycles. The molecule has 2 bridgehead atoms. The first kappa shape index (κ1) is 13.8. The molecule has 4 atom stereocenters. The van der Waals surface area contributed by atoms with Crippen LogP contribution in [0.25, 0.3) is 0 Å². The Kier molecular flexibility index (Phi) is 4.22. The van der Waals surface area contributed by atoms with Gasteiger partial charge >= 0.3 is 0 Å². The Morgan fingerprint density at radius 3 is 3.05 bits per heavy atom. The molecule has 1 aromatic heterocycles. The van der Waals surface area contributed by atoms with Crippen LogP contribution in [-0.4, -0.2) is 29.8 Å². The lowest BCUT2D eigenvalue weighted by Gasteiger charge is -2.29. The number of fused-ring (bicyclic) bond motifs is 2. The number of hydrogen-bond acceptors (Lipinski definition) is 4. The molecular weight excluding hydrogens is 250 g/mol. The minimum Gasteiger partial charge on any atom is -0.398 e. The third-order valence-corrected chi connectivity index (χ3v) is 4.71. The van der Waals surface area contributed by atoms with E-state index in [4.69, 9.17) is 10.5 Å². The van der Waals surface area contributed by atoms with E-state index in [1.165, 1.54) is 19.3 Å². The van der Waals surface area contributed by atoms with Gasteiger partial charge in [0.2, 0.25) is 0 Å². The number of hydrogen-bond donors (Lipinski definition) is 2. The van der Waals surface area contributed by atoms with Crippen LogP contribution in [-0.2, 0) is 11.2 Å². The summed E-state index contributed by atoms with van der Waals surface area (Å²) in [7, 11) is 0. The van der Waals surface area contributed by atoms with E-state index in [-0.39, 0.29) is 0 Å². The van der Waals surface area contributed by atoms with E-state index in [1.807, 2.05) is 12.3 Å². The highest BCUT2D eigenvalue weighted by Crippen LogP contribution is 2.41. The molecule has 4 nitrogen and oxygen atoms in total. The molecule has 2 aliphatic rings. The summed E-state index contributed by atoms with van der Waals surface area (Å²) in [6.07, 6.45) is 10.4. The van der Waals surface area contributed by atoms with Gasteiger partial charge < -0.3 is 15.8 Å². The monoisotopic (exact) mass is 275 g/mol. The molecule has 0 aromatic carbocycles. The molecule has 0 spiro atoms. The van der Waals surface area contributed by atoms with Gasteiger partial charge in [-0.2, -0.15) is 0 Å². The zero-order valence-corrected chi connectivity index (χ0v) is 12.2. The van der Waals surface area contributed by atoms with Crippen LogP contribution in [0.4, 0.5) is 5.69 Å². The van der Waals surface area contributed by atoms with Gasteiger partial charge in [0, 0.05) is 30.0 Å². The first-order valence-corrected chi connectivity index (χ1v) is 7.85. The highest BCUT2D eigenvalue weighted by atomic mass is 16.5. The normalized spacial score (nSPS) is 29.8. The zero-order valence-electron chi connectivity index (χ0n) is 12.2. The molecule has 3 heterocycles. The first-order valence-electron chi connectivity index (χ1n) is 7.85. The van der Waals surface area contributed by atoms with E-state index < -0.39 is 0 Å². The summed E-state index contributed by atoms with van der Waals surface area (Å²) in [5.74, 6) is 0.625. The largest absolute Gasteiger partial charge is 0.398 e. The van der Waals surface area contributed by atoms with Crippen molar-refractivity contribution in [1.82, 2.24) is 10.3 Å². The summed E-state index contributed by atoms with van der Waals surface area (Å²) in [5, 5.41) is 3.71. The summed E-state index contributed by atoms with van der Waals surface area (Å²) in [4.78, 5) is 4.21. The number of rotatable bonds is 6. The predicted molar refractivity (Wildman–Crippen MR) is 80.4 cm³/mol. The lowest BCUT2D eigenvalue weighted by molar-refractivity contribution is 0.0857. The van der Waals surface area contributed by atoms with E-state index in [0.29, 0.717) is 24.2 Å². The molecule has 20 heavy (non-hydrogen) atoms. The number of nitrogens with zero attached hydrogens (tertiary/aromatic N) is 1. The average Bonchev–Trinajstić information content (AvgIpc) is 3.08. The van der Waals surface area contributed by atoms with Crippen molar-refractivity contribution in [3.63, 3.8) is 0 Å². The predicted octanol–water partition coefficient (Wildman–Crippen LogP) is 2.14. The number of aromatic nitrogens is 1. The summed E-state index contributed by atoms with van der Waals surface area (Å²) in [6, 6.07) is 2.35. The van der Waals surface area contributed by atoms with Gasteiger partial charge in [-0.05, 0) is 50.3 Å². The van der Waals surface area contributed by atoms with Crippen molar-refractivity contribution in [2.24, 2.45) is 5.92 Å². The molecule has 110 valence electrons. The van der Waals surface area contributed by atoms with E-state index in [9.17, 15) is 0 Å². The van der Waals surface area contributed by atoms with Gasteiger partial charge in [0.1, 0.15) is 0 Å². The standard InChI is InChI=1S/C16H25N3O/c1-2-6-19-15(8-11-10-18-7-5-14(11)17)13-9-12-3-4-16(13)20-12/h5,7,10,12-13,15-16,19H,2-4,6,8-9H2,1H3,(H2,17,18). The molecule has 3 N–H and O–H groups in total. The number of nitrogens with one attached hydrogen (secondary N) is 1. The Labute approximate surface area is 121 Å². The van der Waals surface area contributed by atoms with E-state index in [1.54, 1.807) is 6.20 Å². The third-order valence-electron chi connectivity index (χ3n) is 4.71. The smallest absolute Gasteiger partial charge is 0.0623 e. The molecule has 0 aliphatic carbocycles. The molecule has 1 aromatic rings. The van der Waals surface area contributed by atoms with Crippen molar-refractivity contribution in [3.8, 4) is 0 Å². The van der Waals surface area contributed by atoms with Crippen LogP contribution in [0.1, 0.15) is 38.2 Å². The van der Waals surface area contributed by atoms with Gasteiger partial charge in [0.05, 0.1) is 12.2 Å². The lowest BCUT2D eigenvalue weighted by atomic mass is 9.81. The Bertz CT molecular complexity index is 451. The number of ether oxygens (including phenoxy) is 1. The van der Waals surface area contributed by atoms with Crippen molar-refractivity contribution >= 4 is 5.69 Å². The van der Waals surface area contributed by atoms with Crippen molar-refractivity contribution in [2.45, 2.75) is 57.3 Å². The maximum Gasteiger partial charge on any atom is 0.0623 e. The molecule has 0 amide bonds. The van der Waals surface area contributed by atoms with Crippen molar-refractivity contribution in [3.05, 3.63) is 24.0 Å². The van der Waals surface area contributed by atoms with E-state index >= 15 is 0 Å². The fraction of sp³-hybridized carbons (Fsp3) is 0.688. The number of anilines is 1. The van der Waals surface area contributed by atoms with Crippen LogP contribution < -0.4 is 11.1 Å². The van der Waals surface area contributed by atoms with Crippen molar-refractivity contribution < 1.29 is 4.74 Å². The van der Waals surface area contributed by atoms with Gasteiger partial charge in [-0.3, -0.25) is 4.98 Å². The number of nitrogens with two attached hydrogens (primary N) is 1. The van der Waals surface area contributed by atoms with Crippen LogP contribution in [0, 0.1) is 5.92 Å². The SMILES string of the molecule is CCCNC(Cc1cnccc1N)C1CC2CCC1O2. The van der Waals surface area contributed by atoms with Gasteiger partial charge in [-0.25, -0.2) is 0 Å². The Balaban J connectivity index is 1.71. The number of pyridine rings is 1. The number of nitrogen functional groups attached to an aromatic ring is 1. The van der Waals surface area contributed by atoms with Gasteiger partial charge in [0.25, 0.3) is 0 Å². The topological polar surface area (TPSA) is 60.2 Å². The molecule has 4 unspecified atom stereocenters. The summed E-state index contributed by atoms with van der Waals surface area (Å²) < 4.78 is 6.03. The second-order valence-electron chi connectivity index (χ2n) is 6.11. The second kappa shape index (κ2) is 6.10. The van der Waals surface area contributed by atoms with Crippen LogP contribution in [0.5, 0.6) is 0 Å². The van der Waals surface area contributed by atoms with Gasteiger partial charge in [0.15, 0.2) is 0 Å². The van der Waals surface area contributed by atoms with Crippen LogP contribution >= 0.6 is 0 Å². The maximum absolute atomic E-state index is 6.07. The van der Waals surface area contributed by atoms with E-state index in [0.717, 1.165) is 30.6 Å². The molecule has 2 saturated heterocycles. The fourth-order valence-corrected chi connectivity index (χ4v) is 3.65. The second-order valence-corrected chi connectivity index (χ2v) is 6.11. The Hall–Kier alpha value is -1.13. The third kappa shape index (κ3) is 2.81. The molecule has 0 radical (unpaired) electrons. The summed E-state index contributed by atoms with van der Waals surface area (Å²) in [5.41, 5.74) is 8.08. The Morgan fingerprint density at radius 2 is 2.40 bits per heavy atom. The zero-order chi connectivity index (χ0) is 13.9.